The molecule has 0 radical (unpaired) electrons. The highest BCUT2D eigenvalue weighted by Crippen LogP contribution is 2.32. The van der Waals surface area contributed by atoms with Crippen molar-refractivity contribution in [3.63, 3.8) is 0 Å². The van der Waals surface area contributed by atoms with Crippen LogP contribution in [0, 0.1) is 0 Å². The zero-order valence-corrected chi connectivity index (χ0v) is 17.6. The maximum absolute atomic E-state index is 12.6. The molecule has 0 aromatic heterocycles. The summed E-state index contributed by atoms with van der Waals surface area (Å²) >= 11 is 0. The van der Waals surface area contributed by atoms with E-state index in [1.54, 1.807) is 52.7 Å². The van der Waals surface area contributed by atoms with Gasteiger partial charge in [-0.2, -0.15) is 0 Å². The SMILES string of the molecule is COc1cc2c(cc1OC)CC(=O)NCc1cc(OC)c(OC)cc1CC(=O)NC2. The van der Waals surface area contributed by atoms with Gasteiger partial charge in [-0.3, -0.25) is 9.59 Å². The van der Waals surface area contributed by atoms with E-state index < -0.39 is 0 Å². The lowest BCUT2D eigenvalue weighted by Crippen LogP contribution is -2.30. The second kappa shape index (κ2) is 9.39. The highest BCUT2D eigenvalue weighted by molar-refractivity contribution is 5.81. The van der Waals surface area contributed by atoms with Crippen LogP contribution in [0.1, 0.15) is 22.3 Å². The highest BCUT2D eigenvalue weighted by Gasteiger charge is 2.19. The van der Waals surface area contributed by atoms with Crippen LogP contribution >= 0.6 is 0 Å². The Balaban J connectivity index is 1.97. The van der Waals surface area contributed by atoms with Crippen LogP contribution in [0.25, 0.3) is 0 Å². The number of rotatable bonds is 4. The maximum atomic E-state index is 12.6. The van der Waals surface area contributed by atoms with E-state index in [9.17, 15) is 9.59 Å². The van der Waals surface area contributed by atoms with Crippen LogP contribution in [0.3, 0.4) is 0 Å². The molecule has 0 aliphatic carbocycles. The number of carbonyl (C=O) groups is 2. The van der Waals surface area contributed by atoms with Gasteiger partial charge in [-0.1, -0.05) is 0 Å². The summed E-state index contributed by atoms with van der Waals surface area (Å²) in [5.74, 6) is 1.86. The fourth-order valence-electron chi connectivity index (χ4n) is 3.44. The Hall–Kier alpha value is -3.42. The Kier molecular flexibility index (Phi) is 6.66. The largest absolute Gasteiger partial charge is 0.493 e. The summed E-state index contributed by atoms with van der Waals surface area (Å²) in [6.07, 6.45) is 0.294. The van der Waals surface area contributed by atoms with Gasteiger partial charge in [0, 0.05) is 13.1 Å². The fourth-order valence-corrected chi connectivity index (χ4v) is 3.44. The predicted molar refractivity (Wildman–Crippen MR) is 110 cm³/mol. The van der Waals surface area contributed by atoms with Crippen molar-refractivity contribution in [1.82, 2.24) is 10.6 Å². The minimum Gasteiger partial charge on any atom is -0.493 e. The summed E-state index contributed by atoms with van der Waals surface area (Å²) in [6, 6.07) is 7.12. The number of carbonyl (C=O) groups excluding carboxylic acids is 2. The van der Waals surface area contributed by atoms with Gasteiger partial charge < -0.3 is 29.6 Å². The van der Waals surface area contributed by atoms with Gasteiger partial charge in [-0.05, 0) is 46.5 Å². The zero-order valence-electron chi connectivity index (χ0n) is 17.6. The average Bonchev–Trinajstić information content (AvgIpc) is 2.75. The number of benzene rings is 2. The second-order valence-electron chi connectivity index (χ2n) is 6.86. The first-order valence-electron chi connectivity index (χ1n) is 9.50. The molecule has 2 amide bonds. The highest BCUT2D eigenvalue weighted by atomic mass is 16.5. The fraction of sp³-hybridized carbons (Fsp3) is 0.364. The first-order chi connectivity index (χ1) is 14.5. The minimum absolute atomic E-state index is 0.142. The van der Waals surface area contributed by atoms with E-state index in [1.807, 2.05) is 0 Å². The van der Waals surface area contributed by atoms with E-state index in [4.69, 9.17) is 18.9 Å². The monoisotopic (exact) mass is 414 g/mol. The van der Waals surface area contributed by atoms with Crippen molar-refractivity contribution in [1.29, 1.82) is 0 Å². The van der Waals surface area contributed by atoms with Gasteiger partial charge in [0.2, 0.25) is 11.8 Å². The molecule has 0 fully saturated rings. The van der Waals surface area contributed by atoms with Crippen LogP contribution in [0.2, 0.25) is 0 Å². The number of fused-ring (bicyclic) bond motifs is 2. The molecule has 1 heterocycles. The predicted octanol–water partition coefficient (Wildman–Crippen LogP) is 1.75. The van der Waals surface area contributed by atoms with Gasteiger partial charge in [0.15, 0.2) is 23.0 Å². The van der Waals surface area contributed by atoms with Crippen molar-refractivity contribution >= 4 is 11.8 Å². The molecule has 8 heteroatoms. The van der Waals surface area contributed by atoms with Gasteiger partial charge in [0.25, 0.3) is 0 Å². The third-order valence-electron chi connectivity index (χ3n) is 5.07. The molecule has 8 nitrogen and oxygen atoms in total. The van der Waals surface area contributed by atoms with E-state index in [1.165, 1.54) is 0 Å². The smallest absolute Gasteiger partial charge is 0.224 e. The van der Waals surface area contributed by atoms with Gasteiger partial charge in [-0.25, -0.2) is 0 Å². The van der Waals surface area contributed by atoms with Crippen LogP contribution in [0.5, 0.6) is 23.0 Å². The number of amides is 2. The molecule has 0 unspecified atom stereocenters. The molecule has 2 N–H and O–H groups in total. The molecule has 1 aliphatic rings. The van der Waals surface area contributed by atoms with E-state index in [2.05, 4.69) is 10.6 Å². The van der Waals surface area contributed by atoms with Gasteiger partial charge in [0.1, 0.15) is 0 Å². The normalized spacial score (nSPS) is 14.1. The topological polar surface area (TPSA) is 95.1 Å². The summed E-state index contributed by atoms with van der Waals surface area (Å²) < 4.78 is 21.4. The van der Waals surface area contributed by atoms with Gasteiger partial charge >= 0.3 is 0 Å². The first kappa shape index (κ1) is 21.3. The molecule has 160 valence electrons. The molecule has 3 rings (SSSR count). The lowest BCUT2D eigenvalue weighted by atomic mass is 10.00. The Bertz CT molecular complexity index is 880. The molecule has 0 saturated carbocycles. The molecular weight excluding hydrogens is 388 g/mol. The van der Waals surface area contributed by atoms with Crippen molar-refractivity contribution in [3.8, 4) is 23.0 Å². The van der Waals surface area contributed by atoms with E-state index >= 15 is 0 Å². The van der Waals surface area contributed by atoms with E-state index in [0.29, 0.717) is 23.0 Å². The molecular formula is C22H26N2O6. The molecule has 1 aliphatic heterocycles. The van der Waals surface area contributed by atoms with Crippen molar-refractivity contribution in [2.45, 2.75) is 25.9 Å². The molecule has 0 saturated heterocycles. The first-order valence-corrected chi connectivity index (χ1v) is 9.50. The lowest BCUT2D eigenvalue weighted by molar-refractivity contribution is -0.121. The molecule has 2 aromatic rings. The van der Waals surface area contributed by atoms with Crippen LogP contribution in [-0.4, -0.2) is 40.3 Å². The summed E-state index contributed by atoms with van der Waals surface area (Å²) in [5.41, 5.74) is 3.12. The molecule has 0 spiro atoms. The van der Waals surface area contributed by atoms with Crippen LogP contribution in [0.4, 0.5) is 0 Å². The Morgan fingerprint density at radius 3 is 1.17 bits per heavy atom. The Labute approximate surface area is 175 Å². The lowest BCUT2D eigenvalue weighted by Gasteiger charge is -2.19. The third-order valence-corrected chi connectivity index (χ3v) is 5.07. The van der Waals surface area contributed by atoms with Crippen molar-refractivity contribution in [2.24, 2.45) is 0 Å². The van der Waals surface area contributed by atoms with Gasteiger partial charge in [0.05, 0.1) is 41.3 Å². The maximum Gasteiger partial charge on any atom is 0.224 e. The van der Waals surface area contributed by atoms with Crippen molar-refractivity contribution < 1.29 is 28.5 Å². The van der Waals surface area contributed by atoms with Crippen molar-refractivity contribution in [2.75, 3.05) is 28.4 Å². The van der Waals surface area contributed by atoms with E-state index in [-0.39, 0.29) is 37.7 Å². The number of ether oxygens (including phenoxy) is 4. The summed E-state index contributed by atoms with van der Waals surface area (Å²) in [4.78, 5) is 25.3. The van der Waals surface area contributed by atoms with Crippen molar-refractivity contribution in [3.05, 3.63) is 46.5 Å². The quantitative estimate of drug-likeness (QED) is 0.792. The number of methoxy groups -OCH3 is 4. The van der Waals surface area contributed by atoms with Crippen LogP contribution < -0.4 is 29.6 Å². The third kappa shape index (κ3) is 4.59. The molecule has 0 bridgehead atoms. The second-order valence-corrected chi connectivity index (χ2v) is 6.86. The van der Waals surface area contributed by atoms with Gasteiger partial charge in [-0.15, -0.1) is 0 Å². The number of hydrogen-bond donors (Lipinski definition) is 2. The Morgan fingerprint density at radius 1 is 0.567 bits per heavy atom. The minimum atomic E-state index is -0.142. The molecule has 30 heavy (non-hydrogen) atoms. The van der Waals surface area contributed by atoms with Crippen LogP contribution in [-0.2, 0) is 35.5 Å². The van der Waals surface area contributed by atoms with Crippen LogP contribution in [0.15, 0.2) is 24.3 Å². The number of nitrogens with one attached hydrogen (secondary N) is 2. The van der Waals surface area contributed by atoms with E-state index in [0.717, 1.165) is 22.3 Å². The molecule has 2 aromatic carbocycles. The summed E-state index contributed by atoms with van der Waals surface area (Å²) in [5, 5.41) is 5.86. The zero-order chi connectivity index (χ0) is 21.7. The number of hydrogen-bond acceptors (Lipinski definition) is 6. The standard InChI is InChI=1S/C22H26N2O6/c1-27-17-5-13-9-21(25)24-12-16-8-20(30-4)18(28-2)6-14(16)10-22(26)23-11-15(13)7-19(17)29-3/h5-8H,9-12H2,1-4H3,(H,23,26)(H,24,25). The summed E-state index contributed by atoms with van der Waals surface area (Å²) in [7, 11) is 6.17. The molecule has 0 atom stereocenters. The summed E-state index contributed by atoms with van der Waals surface area (Å²) in [6.45, 7) is 0.537. The average molecular weight is 414 g/mol. The Morgan fingerprint density at radius 2 is 0.867 bits per heavy atom.